The van der Waals surface area contributed by atoms with E-state index >= 15 is 0 Å². The van der Waals surface area contributed by atoms with Crippen molar-refractivity contribution in [3.63, 3.8) is 0 Å². The zero-order chi connectivity index (χ0) is 44.7. The van der Waals surface area contributed by atoms with E-state index in [9.17, 15) is 39.0 Å². The maximum atomic E-state index is 14.8. The molecule has 0 spiro atoms. The summed E-state index contributed by atoms with van der Waals surface area (Å²) in [6.45, 7) is 32.1. The summed E-state index contributed by atoms with van der Waals surface area (Å²) >= 11 is 0. The van der Waals surface area contributed by atoms with Gasteiger partial charge in [0.05, 0.1) is 28.1 Å². The van der Waals surface area contributed by atoms with Crippen LogP contribution in [0, 0.1) is 38.9 Å². The van der Waals surface area contributed by atoms with E-state index in [1.54, 1.807) is 4.90 Å². The quantitative estimate of drug-likeness (QED) is 0.0463. The number of ether oxygens (including phenoxy) is 2. The van der Waals surface area contributed by atoms with Gasteiger partial charge in [-0.3, -0.25) is 24.0 Å². The summed E-state index contributed by atoms with van der Waals surface area (Å²) in [6, 6.07) is 0. The summed E-state index contributed by atoms with van der Waals surface area (Å²) in [5, 5.41) is 25.6. The van der Waals surface area contributed by atoms with Gasteiger partial charge in [0.2, 0.25) is 23.1 Å². The molecule has 7 aliphatic rings. The first-order chi connectivity index (χ1) is 28.8. The molecular formula is C47H34N2O12. The number of rotatable bonds is 3. The molecule has 61 heavy (non-hydrogen) atoms. The van der Waals surface area contributed by atoms with Crippen LogP contribution in [-0.4, -0.2) is 76.9 Å². The lowest BCUT2D eigenvalue weighted by atomic mass is 9.76. The number of carbonyl (C=O) groups is 6. The molecule has 14 nitrogen and oxygen atoms in total. The minimum atomic E-state index is -2.64. The predicted octanol–water partition coefficient (Wildman–Crippen LogP) is 1.95. The number of piperidine rings is 1. The van der Waals surface area contributed by atoms with E-state index in [-0.39, 0.29) is 18.8 Å². The van der Waals surface area contributed by atoms with Crippen LogP contribution in [-0.2, 0) is 47.1 Å². The second-order valence-electron chi connectivity index (χ2n) is 14.2. The van der Waals surface area contributed by atoms with Crippen molar-refractivity contribution in [1.29, 1.82) is 0 Å². The summed E-state index contributed by atoms with van der Waals surface area (Å²) in [7, 11) is 0. The van der Waals surface area contributed by atoms with Crippen molar-refractivity contribution >= 4 is 53.2 Å². The SMILES string of the molecule is C=[O+]C1=C([CH2+])C(=[O+]C(=C)[O-])C(=C)C(=O)C(=C)C(=O)C([CH2-])=C=C=[C-]C(=C)C([O-])=NC2=C(N3CCC(=C4CCCC4)CC3)C(=O)C3=C(C(=O)C(=C)C4=C3C(=O)C([CH2+])(OC#C1)O4)C2=O. The Labute approximate surface area is 350 Å². The highest BCUT2D eigenvalue weighted by Crippen LogP contribution is 2.47. The molecular weight excluding hydrogens is 785 g/mol. The second-order valence-corrected chi connectivity index (χ2v) is 14.2. The number of nitrogens with zero attached hydrogens (tertiary/aromatic N) is 2. The van der Waals surface area contributed by atoms with E-state index in [4.69, 9.17) is 18.3 Å². The Morgan fingerprint density at radius 3 is 2.15 bits per heavy atom. The first kappa shape index (κ1) is 42.5. The molecule has 0 aromatic rings. The number of hydrogen-bond acceptors (Lipinski definition) is 12. The van der Waals surface area contributed by atoms with Crippen molar-refractivity contribution in [1.82, 2.24) is 4.90 Å². The molecule has 4 aliphatic heterocycles. The van der Waals surface area contributed by atoms with Gasteiger partial charge in [0.25, 0.3) is 11.4 Å². The molecule has 0 aromatic heterocycles. The number of aliphatic imine (C=N–C) groups is 1. The van der Waals surface area contributed by atoms with Gasteiger partial charge in [0.15, 0.2) is 18.6 Å². The summed E-state index contributed by atoms with van der Waals surface area (Å²) in [5.74, 6) is -11.1. The van der Waals surface area contributed by atoms with Gasteiger partial charge in [-0.25, -0.2) is 10.8 Å². The van der Waals surface area contributed by atoms with Crippen LogP contribution >= 0.6 is 0 Å². The molecule has 3 aliphatic carbocycles. The van der Waals surface area contributed by atoms with Crippen LogP contribution in [0.5, 0.6) is 0 Å². The van der Waals surface area contributed by atoms with E-state index in [1.807, 2.05) is 0 Å². The summed E-state index contributed by atoms with van der Waals surface area (Å²) in [4.78, 5) is 89.6. The van der Waals surface area contributed by atoms with Crippen LogP contribution in [0.2, 0.25) is 0 Å². The van der Waals surface area contributed by atoms with Gasteiger partial charge in [-0.1, -0.05) is 42.5 Å². The number of likely N-dealkylation sites (tertiary alicyclic amines) is 1. The molecule has 1 saturated carbocycles. The van der Waals surface area contributed by atoms with Crippen molar-refractivity contribution in [3.8, 4) is 12.0 Å². The third-order valence-electron chi connectivity index (χ3n) is 10.4. The zero-order valence-corrected chi connectivity index (χ0v) is 32.8. The number of fused-ring (bicyclic) bond motifs is 11. The molecule has 1 unspecified atom stereocenters. The lowest BCUT2D eigenvalue weighted by Gasteiger charge is -2.36. The second kappa shape index (κ2) is 16.3. The minimum Gasteiger partial charge on any atom is -0.901 e. The maximum absolute atomic E-state index is 14.8. The molecule has 7 rings (SSSR count). The molecule has 14 heteroatoms. The summed E-state index contributed by atoms with van der Waals surface area (Å²) in [6.07, 6.45) is 9.60. The molecule has 0 amide bonds. The minimum absolute atomic E-state index is 0.228. The maximum Gasteiger partial charge on any atom is 0.519 e. The highest BCUT2D eigenvalue weighted by molar-refractivity contribution is 6.43. The molecule has 304 valence electrons. The molecule has 0 aromatic carbocycles. The molecule has 2 fully saturated rings. The van der Waals surface area contributed by atoms with Crippen molar-refractivity contribution in [2.24, 2.45) is 4.99 Å². The highest BCUT2D eigenvalue weighted by atomic mass is 16.7. The van der Waals surface area contributed by atoms with Crippen molar-refractivity contribution in [2.75, 3.05) is 13.1 Å². The first-order valence-electron chi connectivity index (χ1n) is 18.4. The molecule has 4 heterocycles. The smallest absolute Gasteiger partial charge is 0.519 e. The van der Waals surface area contributed by atoms with E-state index in [2.05, 4.69) is 95.0 Å². The average Bonchev–Trinajstić information content (AvgIpc) is 3.87. The van der Waals surface area contributed by atoms with Crippen LogP contribution in [0.15, 0.2) is 140 Å². The Bertz CT molecular complexity index is 2710. The van der Waals surface area contributed by atoms with Gasteiger partial charge in [0, 0.05) is 25.6 Å². The largest absolute Gasteiger partial charge is 0.901 e. The highest BCUT2D eigenvalue weighted by Gasteiger charge is 2.61. The number of allylic oxidation sites excluding steroid dienone is 9. The summed E-state index contributed by atoms with van der Waals surface area (Å²) in [5.41, 5.74) is 0.726. The van der Waals surface area contributed by atoms with Crippen LogP contribution in [0.25, 0.3) is 0 Å². The topological polar surface area (TPSA) is 205 Å². The molecule has 5 bridgehead atoms. The fraction of sp³-hybridized carbons (Fsp3) is 0.191. The van der Waals surface area contributed by atoms with Crippen LogP contribution < -0.4 is 10.2 Å². The molecule has 1 saturated heterocycles. The van der Waals surface area contributed by atoms with Gasteiger partial charge in [0.1, 0.15) is 23.1 Å². The Morgan fingerprint density at radius 1 is 0.885 bits per heavy atom. The van der Waals surface area contributed by atoms with Gasteiger partial charge in [-0.2, -0.15) is 23.7 Å². The Balaban J connectivity index is 1.55. The number of carbonyl (C=O) groups excluding carboxylic acids is 8. The Morgan fingerprint density at radius 2 is 1.52 bits per heavy atom. The number of ketones is 7. The van der Waals surface area contributed by atoms with E-state index < -0.39 is 125 Å². The Hall–Kier alpha value is -8.10. The third kappa shape index (κ3) is 7.54. The normalized spacial score (nSPS) is 23.9. The fourth-order valence-corrected chi connectivity index (χ4v) is 7.26. The Kier molecular flexibility index (Phi) is 11.3. The van der Waals surface area contributed by atoms with Crippen molar-refractivity contribution in [2.45, 2.75) is 44.3 Å². The van der Waals surface area contributed by atoms with Crippen LogP contribution in [0.1, 0.15) is 38.5 Å². The van der Waals surface area contributed by atoms with Gasteiger partial charge >= 0.3 is 30.1 Å². The fourth-order valence-electron chi connectivity index (χ4n) is 7.26. The molecule has 0 N–H and O–H groups in total. The first-order valence-corrected chi connectivity index (χ1v) is 18.4. The van der Waals surface area contributed by atoms with Gasteiger partial charge < -0.3 is 33.7 Å². The lowest BCUT2D eigenvalue weighted by molar-refractivity contribution is -0.560. The third-order valence-corrected chi connectivity index (χ3v) is 10.4. The van der Waals surface area contributed by atoms with E-state index in [1.165, 1.54) is 11.1 Å². The molecule has 0 radical (unpaired) electrons. The molecule has 1 atom stereocenters. The van der Waals surface area contributed by atoms with Crippen molar-refractivity contribution < 1.29 is 57.3 Å². The predicted molar refractivity (Wildman–Crippen MR) is 212 cm³/mol. The van der Waals surface area contributed by atoms with Gasteiger partial charge in [-0.15, -0.1) is 11.5 Å². The van der Waals surface area contributed by atoms with Crippen molar-refractivity contribution in [3.05, 3.63) is 161 Å². The van der Waals surface area contributed by atoms with Crippen LogP contribution in [0.3, 0.4) is 0 Å². The number of hydrogen-bond donors (Lipinski definition) is 0. The van der Waals surface area contributed by atoms with Gasteiger partial charge in [-0.05, 0) is 45.1 Å². The number of Topliss-reactive ketones (excluding diaryl/α,β-unsaturated/α-hetero) is 6. The monoisotopic (exact) mass is 818 g/mol. The van der Waals surface area contributed by atoms with Crippen LogP contribution in [0.4, 0.5) is 0 Å². The summed E-state index contributed by atoms with van der Waals surface area (Å²) < 4.78 is 21.3. The van der Waals surface area contributed by atoms with E-state index in [0.29, 0.717) is 12.8 Å². The average molecular weight is 819 g/mol. The lowest BCUT2D eigenvalue weighted by Crippen LogP contribution is -2.42. The van der Waals surface area contributed by atoms with E-state index in [0.717, 1.165) is 25.7 Å². The standard InChI is InChI=1S/C47H34N2O12/c1-23-13-12-14-24(2)46(57)48-36-37(49-20-17-31(18-21-49)30-15-10-11-16-30)42(55)33-34(41(36)54)40(53)28(6)44-35(33)45(56)47(8,61-44)59-22-19-32(58-9)25(3)43(60-29(7)50)27(5)39(52)26(4)38(23)51/h1-11,15-18,20-21H2. The zero-order valence-electron chi connectivity index (χ0n) is 32.8.